The lowest BCUT2D eigenvalue weighted by molar-refractivity contribution is 0.0677. The predicted octanol–water partition coefficient (Wildman–Crippen LogP) is 5.16. The maximum Gasteiger partial charge on any atom is 0.119 e. The van der Waals surface area contributed by atoms with Crippen LogP contribution in [0.1, 0.15) is 50.7 Å². The van der Waals surface area contributed by atoms with Crippen molar-refractivity contribution in [3.63, 3.8) is 0 Å². The third-order valence-electron chi connectivity index (χ3n) is 3.17. The number of rotatable bonds is 10. The van der Waals surface area contributed by atoms with Gasteiger partial charge in [-0.25, -0.2) is 0 Å². The molecular formula is C16H25IO2. The molecule has 0 aromatic heterocycles. The Morgan fingerprint density at radius 1 is 1.16 bits per heavy atom. The van der Waals surface area contributed by atoms with Gasteiger partial charge in [0.2, 0.25) is 0 Å². The SMILES string of the molecule is CCCCCCCOC(CI)c1cccc(OC)c1. The molecule has 0 heterocycles. The van der Waals surface area contributed by atoms with E-state index < -0.39 is 0 Å². The van der Waals surface area contributed by atoms with Crippen LogP contribution in [0, 0.1) is 0 Å². The molecule has 0 amide bonds. The highest BCUT2D eigenvalue weighted by Gasteiger charge is 2.10. The molecule has 1 unspecified atom stereocenters. The van der Waals surface area contributed by atoms with E-state index in [9.17, 15) is 0 Å². The Kier molecular flexibility index (Phi) is 9.26. The summed E-state index contributed by atoms with van der Waals surface area (Å²) in [5.74, 6) is 0.902. The van der Waals surface area contributed by atoms with E-state index in [1.807, 2.05) is 12.1 Å². The molecule has 1 aromatic rings. The van der Waals surface area contributed by atoms with E-state index in [-0.39, 0.29) is 6.10 Å². The van der Waals surface area contributed by atoms with E-state index in [1.54, 1.807) is 7.11 Å². The molecule has 0 aliphatic rings. The zero-order valence-electron chi connectivity index (χ0n) is 12.0. The molecule has 0 saturated heterocycles. The summed E-state index contributed by atoms with van der Waals surface area (Å²) in [6.45, 7) is 3.10. The Morgan fingerprint density at radius 3 is 2.63 bits per heavy atom. The monoisotopic (exact) mass is 376 g/mol. The van der Waals surface area contributed by atoms with Crippen LogP contribution < -0.4 is 4.74 Å². The van der Waals surface area contributed by atoms with Crippen molar-refractivity contribution in [1.82, 2.24) is 0 Å². The van der Waals surface area contributed by atoms with Gasteiger partial charge in [0.15, 0.2) is 0 Å². The number of methoxy groups -OCH3 is 1. The summed E-state index contributed by atoms with van der Waals surface area (Å²) in [6, 6.07) is 8.18. The van der Waals surface area contributed by atoms with Crippen LogP contribution in [0.5, 0.6) is 5.75 Å². The van der Waals surface area contributed by atoms with Crippen molar-refractivity contribution in [2.24, 2.45) is 0 Å². The predicted molar refractivity (Wildman–Crippen MR) is 89.3 cm³/mol. The largest absolute Gasteiger partial charge is 0.497 e. The Labute approximate surface area is 131 Å². The van der Waals surface area contributed by atoms with Crippen LogP contribution in [-0.2, 0) is 4.74 Å². The first-order valence-electron chi connectivity index (χ1n) is 7.13. The number of alkyl halides is 1. The molecule has 0 saturated carbocycles. The standard InChI is InChI=1S/C16H25IO2/c1-3-4-5-6-7-11-19-16(13-17)14-9-8-10-15(12-14)18-2/h8-10,12,16H,3-7,11,13H2,1-2H3. The zero-order valence-corrected chi connectivity index (χ0v) is 14.2. The van der Waals surface area contributed by atoms with E-state index in [0.29, 0.717) is 0 Å². The molecule has 0 radical (unpaired) electrons. The van der Waals surface area contributed by atoms with Gasteiger partial charge < -0.3 is 9.47 Å². The van der Waals surface area contributed by atoms with Gasteiger partial charge in [0.1, 0.15) is 5.75 Å². The molecular weight excluding hydrogens is 351 g/mol. The molecule has 1 aromatic carbocycles. The second-order valence-electron chi connectivity index (χ2n) is 4.70. The first kappa shape index (κ1) is 16.8. The topological polar surface area (TPSA) is 18.5 Å². The van der Waals surface area contributed by atoms with Gasteiger partial charge in [0.05, 0.1) is 13.2 Å². The minimum absolute atomic E-state index is 0.182. The highest BCUT2D eigenvalue weighted by Crippen LogP contribution is 2.24. The molecule has 0 aliphatic heterocycles. The van der Waals surface area contributed by atoms with Crippen LogP contribution in [0.2, 0.25) is 0 Å². The average Bonchev–Trinajstić information content (AvgIpc) is 2.46. The molecule has 0 spiro atoms. The van der Waals surface area contributed by atoms with E-state index in [1.165, 1.54) is 31.2 Å². The third kappa shape index (κ3) is 6.61. The zero-order chi connectivity index (χ0) is 13.9. The summed E-state index contributed by atoms with van der Waals surface area (Å²) >= 11 is 2.39. The number of halogens is 1. The van der Waals surface area contributed by atoms with Crippen molar-refractivity contribution in [2.75, 3.05) is 18.1 Å². The van der Waals surface area contributed by atoms with Crippen molar-refractivity contribution in [3.05, 3.63) is 29.8 Å². The number of unbranched alkanes of at least 4 members (excludes halogenated alkanes) is 4. The van der Waals surface area contributed by atoms with Crippen LogP contribution in [0.25, 0.3) is 0 Å². The minimum atomic E-state index is 0.182. The number of hydrogen-bond acceptors (Lipinski definition) is 2. The van der Waals surface area contributed by atoms with Gasteiger partial charge in [-0.2, -0.15) is 0 Å². The molecule has 0 fully saturated rings. The van der Waals surface area contributed by atoms with Crippen LogP contribution in [0.15, 0.2) is 24.3 Å². The Balaban J connectivity index is 2.35. The van der Waals surface area contributed by atoms with Gasteiger partial charge >= 0.3 is 0 Å². The van der Waals surface area contributed by atoms with E-state index in [4.69, 9.17) is 9.47 Å². The van der Waals surface area contributed by atoms with Crippen LogP contribution in [0.4, 0.5) is 0 Å². The normalized spacial score (nSPS) is 12.4. The first-order valence-corrected chi connectivity index (χ1v) is 8.65. The highest BCUT2D eigenvalue weighted by molar-refractivity contribution is 14.1. The number of hydrogen-bond donors (Lipinski definition) is 0. The summed E-state index contributed by atoms with van der Waals surface area (Å²) < 4.78 is 12.2. The lowest BCUT2D eigenvalue weighted by Crippen LogP contribution is -2.07. The van der Waals surface area contributed by atoms with Gasteiger partial charge in [-0.3, -0.25) is 0 Å². The van der Waals surface area contributed by atoms with Crippen LogP contribution in [0.3, 0.4) is 0 Å². The van der Waals surface area contributed by atoms with Gasteiger partial charge in [0, 0.05) is 11.0 Å². The van der Waals surface area contributed by atoms with Crippen molar-refractivity contribution in [1.29, 1.82) is 0 Å². The minimum Gasteiger partial charge on any atom is -0.497 e. The lowest BCUT2D eigenvalue weighted by Gasteiger charge is -2.16. The molecule has 108 valence electrons. The van der Waals surface area contributed by atoms with E-state index in [2.05, 4.69) is 41.6 Å². The van der Waals surface area contributed by atoms with E-state index >= 15 is 0 Å². The Hall–Kier alpha value is -0.290. The molecule has 1 atom stereocenters. The molecule has 0 aliphatic carbocycles. The van der Waals surface area contributed by atoms with Crippen LogP contribution >= 0.6 is 22.6 Å². The van der Waals surface area contributed by atoms with Gasteiger partial charge in [-0.05, 0) is 24.1 Å². The second kappa shape index (κ2) is 10.5. The van der Waals surface area contributed by atoms with Gasteiger partial charge in [0.25, 0.3) is 0 Å². The van der Waals surface area contributed by atoms with Crippen molar-refractivity contribution < 1.29 is 9.47 Å². The summed E-state index contributed by atoms with van der Waals surface area (Å²) in [5.41, 5.74) is 1.21. The summed E-state index contributed by atoms with van der Waals surface area (Å²) in [5, 5.41) is 0. The fraction of sp³-hybridized carbons (Fsp3) is 0.625. The van der Waals surface area contributed by atoms with Gasteiger partial charge in [-0.15, -0.1) is 0 Å². The number of ether oxygens (including phenoxy) is 2. The Bertz CT molecular complexity index is 341. The number of benzene rings is 1. The molecule has 3 heteroatoms. The van der Waals surface area contributed by atoms with Crippen molar-refractivity contribution in [3.8, 4) is 5.75 Å². The summed E-state index contributed by atoms with van der Waals surface area (Å²) in [7, 11) is 1.70. The maximum atomic E-state index is 5.99. The quantitative estimate of drug-likeness (QED) is 0.319. The molecule has 19 heavy (non-hydrogen) atoms. The molecule has 0 bridgehead atoms. The van der Waals surface area contributed by atoms with E-state index in [0.717, 1.165) is 23.2 Å². The fourth-order valence-electron chi connectivity index (χ4n) is 2.00. The van der Waals surface area contributed by atoms with Crippen molar-refractivity contribution >= 4 is 22.6 Å². The molecule has 1 rings (SSSR count). The summed E-state index contributed by atoms with van der Waals surface area (Å²) in [6.07, 6.45) is 6.58. The van der Waals surface area contributed by atoms with Gasteiger partial charge in [-0.1, -0.05) is 67.3 Å². The summed E-state index contributed by atoms with van der Waals surface area (Å²) in [4.78, 5) is 0. The maximum absolute atomic E-state index is 5.99. The second-order valence-corrected chi connectivity index (χ2v) is 5.59. The highest BCUT2D eigenvalue weighted by atomic mass is 127. The molecule has 0 N–H and O–H groups in total. The third-order valence-corrected chi connectivity index (χ3v) is 3.97. The van der Waals surface area contributed by atoms with Crippen LogP contribution in [-0.4, -0.2) is 18.1 Å². The fourth-order valence-corrected chi connectivity index (χ4v) is 2.77. The lowest BCUT2D eigenvalue weighted by atomic mass is 10.1. The Morgan fingerprint density at radius 2 is 1.95 bits per heavy atom. The first-order chi connectivity index (χ1) is 9.31. The smallest absolute Gasteiger partial charge is 0.119 e. The van der Waals surface area contributed by atoms with Crippen molar-refractivity contribution in [2.45, 2.75) is 45.1 Å². The molecule has 2 nitrogen and oxygen atoms in total. The average molecular weight is 376 g/mol.